The molecular weight excluding hydrogens is 352 g/mol. The smallest absolute Gasteiger partial charge is 0.410 e. The van der Waals surface area contributed by atoms with Crippen LogP contribution in [0, 0.1) is 0 Å². The molecule has 0 bridgehead atoms. The first-order valence-electron chi connectivity index (χ1n) is 8.68. The van der Waals surface area contributed by atoms with E-state index in [4.69, 9.17) is 4.74 Å². The lowest BCUT2D eigenvalue weighted by atomic mass is 10.0. The van der Waals surface area contributed by atoms with Crippen LogP contribution in [0.15, 0.2) is 28.4 Å². The number of fused-ring (bicyclic) bond motifs is 1. The van der Waals surface area contributed by atoms with Gasteiger partial charge in [0.2, 0.25) is 0 Å². The van der Waals surface area contributed by atoms with E-state index in [9.17, 15) is 9.59 Å². The standard InChI is InChI=1S/C18H24N4O3S/c1-18(2,3)25-17(24)21-8-5-12(6-9-21)22-10-7-14-13(15(22)23)11-19-16(20-14)26-4/h7,10-12H,5-6,8-9H2,1-4H3. The molecule has 8 heteroatoms. The molecule has 1 saturated heterocycles. The zero-order chi connectivity index (χ0) is 18.9. The molecule has 2 aromatic heterocycles. The Morgan fingerprint density at radius 3 is 2.62 bits per heavy atom. The van der Waals surface area contributed by atoms with Gasteiger partial charge in [-0.2, -0.15) is 0 Å². The molecule has 3 rings (SSSR count). The lowest BCUT2D eigenvalue weighted by Gasteiger charge is -2.34. The highest BCUT2D eigenvalue weighted by molar-refractivity contribution is 7.98. The van der Waals surface area contributed by atoms with Crippen LogP contribution in [-0.2, 0) is 4.74 Å². The summed E-state index contributed by atoms with van der Waals surface area (Å²) in [5, 5.41) is 1.18. The number of hydrogen-bond acceptors (Lipinski definition) is 6. The van der Waals surface area contributed by atoms with Crippen molar-refractivity contribution in [2.24, 2.45) is 0 Å². The third kappa shape index (κ3) is 4.00. The molecular formula is C18H24N4O3S. The van der Waals surface area contributed by atoms with Crippen LogP contribution >= 0.6 is 11.8 Å². The van der Waals surface area contributed by atoms with Crippen molar-refractivity contribution in [2.75, 3.05) is 19.3 Å². The van der Waals surface area contributed by atoms with Crippen molar-refractivity contribution in [2.45, 2.75) is 50.4 Å². The molecule has 0 aliphatic carbocycles. The highest BCUT2D eigenvalue weighted by Crippen LogP contribution is 2.23. The van der Waals surface area contributed by atoms with Gasteiger partial charge in [0.15, 0.2) is 5.16 Å². The van der Waals surface area contributed by atoms with Gasteiger partial charge in [0.1, 0.15) is 5.60 Å². The summed E-state index contributed by atoms with van der Waals surface area (Å²) in [6.45, 7) is 6.72. The first kappa shape index (κ1) is 18.7. The first-order valence-corrected chi connectivity index (χ1v) is 9.91. The maximum absolute atomic E-state index is 12.8. The maximum atomic E-state index is 12.8. The molecule has 1 aliphatic heterocycles. The molecule has 140 valence electrons. The normalized spacial score (nSPS) is 16.1. The largest absolute Gasteiger partial charge is 0.444 e. The zero-order valence-corrected chi connectivity index (χ0v) is 16.4. The van der Waals surface area contributed by atoms with E-state index in [0.29, 0.717) is 42.0 Å². The summed E-state index contributed by atoms with van der Waals surface area (Å²) < 4.78 is 7.17. The molecule has 0 spiro atoms. The monoisotopic (exact) mass is 376 g/mol. The molecule has 1 aliphatic rings. The van der Waals surface area contributed by atoms with Crippen molar-refractivity contribution in [3.8, 4) is 0 Å². The Morgan fingerprint density at radius 1 is 1.31 bits per heavy atom. The van der Waals surface area contributed by atoms with E-state index in [1.165, 1.54) is 11.8 Å². The van der Waals surface area contributed by atoms with E-state index in [2.05, 4.69) is 9.97 Å². The van der Waals surface area contributed by atoms with Gasteiger partial charge < -0.3 is 14.2 Å². The molecule has 0 unspecified atom stereocenters. The van der Waals surface area contributed by atoms with Gasteiger partial charge in [-0.25, -0.2) is 14.8 Å². The Kier molecular flexibility index (Phi) is 5.22. The van der Waals surface area contributed by atoms with Crippen molar-refractivity contribution < 1.29 is 9.53 Å². The lowest BCUT2D eigenvalue weighted by Crippen LogP contribution is -2.43. The number of piperidine rings is 1. The van der Waals surface area contributed by atoms with E-state index in [-0.39, 0.29) is 17.7 Å². The molecule has 1 fully saturated rings. The van der Waals surface area contributed by atoms with Crippen molar-refractivity contribution in [1.82, 2.24) is 19.4 Å². The minimum Gasteiger partial charge on any atom is -0.444 e. The van der Waals surface area contributed by atoms with E-state index in [0.717, 1.165) is 0 Å². The number of hydrogen-bond donors (Lipinski definition) is 0. The van der Waals surface area contributed by atoms with Crippen LogP contribution in [0.2, 0.25) is 0 Å². The Labute approximate surface area is 156 Å². The number of amides is 1. The Balaban J connectivity index is 1.74. The van der Waals surface area contributed by atoms with Gasteiger partial charge >= 0.3 is 6.09 Å². The Hall–Kier alpha value is -2.09. The quantitative estimate of drug-likeness (QED) is 0.592. The molecule has 0 radical (unpaired) electrons. The lowest BCUT2D eigenvalue weighted by molar-refractivity contribution is 0.0187. The second kappa shape index (κ2) is 7.26. The molecule has 3 heterocycles. The van der Waals surface area contributed by atoms with Crippen molar-refractivity contribution in [3.05, 3.63) is 28.8 Å². The number of thioether (sulfide) groups is 1. The summed E-state index contributed by atoms with van der Waals surface area (Å²) in [7, 11) is 0. The average molecular weight is 376 g/mol. The SMILES string of the molecule is CSc1ncc2c(=O)n(C3CCN(C(=O)OC(C)(C)C)CC3)ccc2n1. The number of rotatable bonds is 2. The number of likely N-dealkylation sites (tertiary alicyclic amines) is 1. The van der Waals surface area contributed by atoms with E-state index in [1.807, 2.05) is 33.1 Å². The van der Waals surface area contributed by atoms with Crippen LogP contribution in [0.4, 0.5) is 4.79 Å². The van der Waals surface area contributed by atoms with Gasteiger partial charge in [-0.3, -0.25) is 4.79 Å². The third-order valence-corrected chi connectivity index (χ3v) is 4.91. The summed E-state index contributed by atoms with van der Waals surface area (Å²) in [6.07, 6.45) is 6.45. The fourth-order valence-electron chi connectivity index (χ4n) is 3.07. The maximum Gasteiger partial charge on any atom is 0.410 e. The van der Waals surface area contributed by atoms with Crippen LogP contribution < -0.4 is 5.56 Å². The summed E-state index contributed by atoms with van der Waals surface area (Å²) in [5.41, 5.74) is 0.0847. The van der Waals surface area contributed by atoms with Crippen molar-refractivity contribution >= 4 is 28.8 Å². The third-order valence-electron chi connectivity index (χ3n) is 4.35. The number of pyridine rings is 1. The van der Waals surface area contributed by atoms with Gasteiger partial charge in [-0.1, -0.05) is 11.8 Å². The average Bonchev–Trinajstić information content (AvgIpc) is 2.60. The Morgan fingerprint density at radius 2 is 2.00 bits per heavy atom. The first-order chi connectivity index (χ1) is 12.3. The predicted molar refractivity (Wildman–Crippen MR) is 102 cm³/mol. The number of ether oxygens (including phenoxy) is 1. The van der Waals surface area contributed by atoms with E-state index >= 15 is 0 Å². The van der Waals surface area contributed by atoms with E-state index in [1.54, 1.807) is 21.9 Å². The number of carbonyl (C=O) groups excluding carboxylic acids is 1. The molecule has 0 aromatic carbocycles. The van der Waals surface area contributed by atoms with Gasteiger partial charge in [0, 0.05) is 31.5 Å². The molecule has 0 atom stereocenters. The fraction of sp³-hybridized carbons (Fsp3) is 0.556. The van der Waals surface area contributed by atoms with Crippen LogP contribution in [0.1, 0.15) is 39.7 Å². The summed E-state index contributed by atoms with van der Waals surface area (Å²) in [5.74, 6) is 0. The number of aromatic nitrogens is 3. The topological polar surface area (TPSA) is 77.3 Å². The second-order valence-corrected chi connectivity index (χ2v) is 8.16. The van der Waals surface area contributed by atoms with Gasteiger partial charge in [0.25, 0.3) is 5.56 Å². The minimum absolute atomic E-state index is 0.0609. The zero-order valence-electron chi connectivity index (χ0n) is 15.6. The van der Waals surface area contributed by atoms with Crippen molar-refractivity contribution in [1.29, 1.82) is 0 Å². The highest BCUT2D eigenvalue weighted by Gasteiger charge is 2.28. The van der Waals surface area contributed by atoms with Crippen LogP contribution in [0.5, 0.6) is 0 Å². The number of nitrogens with zero attached hydrogens (tertiary/aromatic N) is 4. The van der Waals surface area contributed by atoms with Gasteiger partial charge in [0.05, 0.1) is 10.9 Å². The Bertz CT molecular complexity index is 867. The van der Waals surface area contributed by atoms with Gasteiger partial charge in [-0.15, -0.1) is 0 Å². The summed E-state index contributed by atoms with van der Waals surface area (Å²) >= 11 is 1.45. The second-order valence-electron chi connectivity index (χ2n) is 7.38. The highest BCUT2D eigenvalue weighted by atomic mass is 32.2. The summed E-state index contributed by atoms with van der Waals surface area (Å²) in [6, 6.07) is 1.92. The molecule has 0 N–H and O–H groups in total. The molecule has 1 amide bonds. The van der Waals surface area contributed by atoms with Crippen LogP contribution in [0.25, 0.3) is 10.9 Å². The molecule has 0 saturated carbocycles. The minimum atomic E-state index is -0.501. The number of carbonyl (C=O) groups is 1. The van der Waals surface area contributed by atoms with Crippen LogP contribution in [0.3, 0.4) is 0 Å². The predicted octanol–water partition coefficient (Wildman–Crippen LogP) is 3.09. The fourth-order valence-corrected chi connectivity index (χ4v) is 3.41. The molecule has 2 aromatic rings. The summed E-state index contributed by atoms with van der Waals surface area (Å²) in [4.78, 5) is 35.3. The van der Waals surface area contributed by atoms with Gasteiger partial charge in [-0.05, 0) is 45.9 Å². The van der Waals surface area contributed by atoms with E-state index < -0.39 is 5.60 Å². The molecule has 7 nitrogen and oxygen atoms in total. The van der Waals surface area contributed by atoms with Crippen LogP contribution in [-0.4, -0.2) is 50.5 Å². The van der Waals surface area contributed by atoms with Crippen molar-refractivity contribution in [3.63, 3.8) is 0 Å². The molecule has 26 heavy (non-hydrogen) atoms.